The van der Waals surface area contributed by atoms with E-state index in [2.05, 4.69) is 24.0 Å². The molecule has 136 valence electrons. The van der Waals surface area contributed by atoms with Crippen molar-refractivity contribution in [2.45, 2.75) is 26.7 Å². The molecule has 1 saturated heterocycles. The number of piperidine rings is 1. The molecule has 2 aromatic rings. The van der Waals surface area contributed by atoms with Crippen molar-refractivity contribution >= 4 is 37.5 Å². The Labute approximate surface area is 151 Å². The van der Waals surface area contributed by atoms with Crippen LogP contribution in [-0.2, 0) is 21.9 Å². The van der Waals surface area contributed by atoms with Crippen LogP contribution < -0.4 is 4.80 Å². The quantitative estimate of drug-likeness (QED) is 0.798. The average molecular weight is 382 g/mol. The number of aromatic nitrogens is 1. The average Bonchev–Trinajstić information content (AvgIpc) is 2.84. The van der Waals surface area contributed by atoms with E-state index in [-0.39, 0.29) is 18.4 Å². The van der Waals surface area contributed by atoms with E-state index in [1.165, 1.54) is 33.0 Å². The van der Waals surface area contributed by atoms with Crippen LogP contribution in [0.5, 0.6) is 0 Å². The van der Waals surface area contributed by atoms with Crippen LogP contribution in [0.15, 0.2) is 17.1 Å². The molecule has 1 fully saturated rings. The highest BCUT2D eigenvalue weighted by Gasteiger charge is 2.30. The minimum absolute atomic E-state index is 0.230. The lowest BCUT2D eigenvalue weighted by Gasteiger charge is -2.28. The monoisotopic (exact) mass is 381 g/mol. The van der Waals surface area contributed by atoms with Gasteiger partial charge in [-0.25, -0.2) is 12.7 Å². The first-order valence-corrected chi connectivity index (χ1v) is 10.9. The Morgan fingerprint density at radius 3 is 2.72 bits per heavy atom. The number of hydrogen-bond acceptors (Lipinski definition) is 4. The third-order valence-corrected chi connectivity index (χ3v) is 7.20. The summed E-state index contributed by atoms with van der Waals surface area (Å²) in [7, 11) is -1.36. The van der Waals surface area contributed by atoms with Gasteiger partial charge in [0, 0.05) is 20.1 Å². The predicted octanol–water partition coefficient (Wildman–Crippen LogP) is 1.96. The molecule has 0 aliphatic carbocycles. The molecular formula is C17H23N3O3S2. The molecule has 8 heteroatoms. The van der Waals surface area contributed by atoms with Gasteiger partial charge in [0.2, 0.25) is 10.0 Å². The number of fused-ring (bicyclic) bond motifs is 1. The first kappa shape index (κ1) is 18.3. The first-order valence-electron chi connectivity index (χ1n) is 8.27. The molecule has 1 aliphatic heterocycles. The number of aryl methyl sites for hydroxylation is 3. The zero-order valence-electron chi connectivity index (χ0n) is 14.9. The van der Waals surface area contributed by atoms with Crippen LogP contribution in [-0.4, -0.2) is 42.5 Å². The van der Waals surface area contributed by atoms with Gasteiger partial charge in [0.05, 0.1) is 22.4 Å². The maximum atomic E-state index is 12.6. The van der Waals surface area contributed by atoms with Gasteiger partial charge in [-0.1, -0.05) is 17.4 Å². The Kier molecular flexibility index (Phi) is 4.87. The molecule has 0 saturated carbocycles. The number of carbonyl (C=O) groups excluding carboxylic acids is 1. The highest BCUT2D eigenvalue weighted by molar-refractivity contribution is 7.88. The van der Waals surface area contributed by atoms with Gasteiger partial charge in [-0.05, 0) is 43.9 Å². The molecule has 1 aromatic heterocycles. The van der Waals surface area contributed by atoms with E-state index >= 15 is 0 Å². The Balaban J connectivity index is 1.95. The van der Waals surface area contributed by atoms with E-state index < -0.39 is 10.0 Å². The van der Waals surface area contributed by atoms with Crippen LogP contribution >= 0.6 is 11.3 Å². The molecule has 0 bridgehead atoms. The van der Waals surface area contributed by atoms with Crippen LogP contribution in [0.2, 0.25) is 0 Å². The van der Waals surface area contributed by atoms with Crippen LogP contribution in [0.4, 0.5) is 0 Å². The van der Waals surface area contributed by atoms with E-state index in [1.807, 2.05) is 18.5 Å². The lowest BCUT2D eigenvalue weighted by molar-refractivity contribution is -0.122. The smallest absolute Gasteiger partial charge is 0.252 e. The molecular weight excluding hydrogens is 358 g/mol. The van der Waals surface area contributed by atoms with Crippen LogP contribution in [0, 0.1) is 19.8 Å². The lowest BCUT2D eigenvalue weighted by Crippen LogP contribution is -2.41. The SMILES string of the molecule is Cc1cc(C)c2sc(=NC(=O)C3CCCN(S(C)(=O)=O)C3)n(C)c2c1. The fourth-order valence-electron chi connectivity index (χ4n) is 3.31. The van der Waals surface area contributed by atoms with Gasteiger partial charge in [0.1, 0.15) is 0 Å². The molecule has 1 unspecified atom stereocenters. The summed E-state index contributed by atoms with van der Waals surface area (Å²) < 4.78 is 27.9. The highest BCUT2D eigenvalue weighted by Crippen LogP contribution is 2.23. The van der Waals surface area contributed by atoms with Crippen molar-refractivity contribution < 1.29 is 13.2 Å². The molecule has 25 heavy (non-hydrogen) atoms. The summed E-state index contributed by atoms with van der Waals surface area (Å²) in [5, 5.41) is 0. The summed E-state index contributed by atoms with van der Waals surface area (Å²) >= 11 is 1.50. The van der Waals surface area contributed by atoms with Crippen LogP contribution in [0.3, 0.4) is 0 Å². The molecule has 0 N–H and O–H groups in total. The number of amides is 1. The molecule has 6 nitrogen and oxygen atoms in total. The molecule has 2 heterocycles. The van der Waals surface area contributed by atoms with Gasteiger partial charge >= 0.3 is 0 Å². The summed E-state index contributed by atoms with van der Waals surface area (Å²) in [6.45, 7) is 4.82. The van der Waals surface area contributed by atoms with Crippen LogP contribution in [0.25, 0.3) is 10.2 Å². The van der Waals surface area contributed by atoms with Crippen molar-refractivity contribution in [2.24, 2.45) is 18.0 Å². The van der Waals surface area contributed by atoms with Crippen molar-refractivity contribution in [1.29, 1.82) is 0 Å². The molecule has 1 amide bonds. The molecule has 1 aromatic carbocycles. The zero-order valence-corrected chi connectivity index (χ0v) is 16.6. The number of thiazole rings is 1. The van der Waals surface area contributed by atoms with E-state index in [1.54, 1.807) is 0 Å². The summed E-state index contributed by atoms with van der Waals surface area (Å²) in [5.41, 5.74) is 3.41. The molecule has 1 atom stereocenters. The van der Waals surface area contributed by atoms with E-state index in [4.69, 9.17) is 0 Å². The van der Waals surface area contributed by atoms with Crippen molar-refractivity contribution in [3.05, 3.63) is 28.1 Å². The first-order chi connectivity index (χ1) is 11.7. The minimum Gasteiger partial charge on any atom is -0.319 e. The second kappa shape index (κ2) is 6.66. The van der Waals surface area contributed by atoms with Crippen molar-refractivity contribution in [1.82, 2.24) is 8.87 Å². The highest BCUT2D eigenvalue weighted by atomic mass is 32.2. The Morgan fingerprint density at radius 1 is 1.32 bits per heavy atom. The van der Waals surface area contributed by atoms with E-state index in [0.717, 1.165) is 10.2 Å². The topological polar surface area (TPSA) is 71.7 Å². The zero-order chi connectivity index (χ0) is 18.4. The Hall–Kier alpha value is -1.51. The van der Waals surface area contributed by atoms with E-state index in [9.17, 15) is 13.2 Å². The Bertz CT molecular complexity index is 1000. The third kappa shape index (κ3) is 3.70. The van der Waals surface area contributed by atoms with Crippen LogP contribution in [0.1, 0.15) is 24.0 Å². The summed E-state index contributed by atoms with van der Waals surface area (Å²) in [4.78, 5) is 17.6. The molecule has 1 aliphatic rings. The van der Waals surface area contributed by atoms with Gasteiger partial charge in [-0.2, -0.15) is 4.99 Å². The van der Waals surface area contributed by atoms with Gasteiger partial charge in [0.15, 0.2) is 4.80 Å². The number of nitrogens with zero attached hydrogens (tertiary/aromatic N) is 3. The normalized spacial score (nSPS) is 20.3. The molecule has 0 radical (unpaired) electrons. The fourth-order valence-corrected chi connectivity index (χ4v) is 5.29. The molecule has 3 rings (SSSR count). The summed E-state index contributed by atoms with van der Waals surface area (Å²) in [5.74, 6) is -0.596. The van der Waals surface area contributed by atoms with Crippen molar-refractivity contribution in [3.63, 3.8) is 0 Å². The Morgan fingerprint density at radius 2 is 2.04 bits per heavy atom. The van der Waals surface area contributed by atoms with Gasteiger partial charge in [0.25, 0.3) is 5.91 Å². The number of hydrogen-bond donors (Lipinski definition) is 0. The van der Waals surface area contributed by atoms with Crippen molar-refractivity contribution in [3.8, 4) is 0 Å². The fraction of sp³-hybridized carbons (Fsp3) is 0.529. The number of carbonyl (C=O) groups is 1. The van der Waals surface area contributed by atoms with Gasteiger partial charge in [-0.3, -0.25) is 4.79 Å². The third-order valence-electron chi connectivity index (χ3n) is 4.65. The van der Waals surface area contributed by atoms with E-state index in [0.29, 0.717) is 24.2 Å². The largest absolute Gasteiger partial charge is 0.319 e. The van der Waals surface area contributed by atoms with Crippen molar-refractivity contribution in [2.75, 3.05) is 19.3 Å². The number of sulfonamides is 1. The number of benzene rings is 1. The minimum atomic E-state index is -3.27. The predicted molar refractivity (Wildman–Crippen MR) is 100.0 cm³/mol. The number of rotatable bonds is 2. The van der Waals surface area contributed by atoms with Gasteiger partial charge < -0.3 is 4.57 Å². The molecule has 0 spiro atoms. The van der Waals surface area contributed by atoms with Gasteiger partial charge in [-0.15, -0.1) is 0 Å². The maximum absolute atomic E-state index is 12.6. The summed E-state index contributed by atoms with van der Waals surface area (Å²) in [6, 6.07) is 4.21. The second-order valence-corrected chi connectivity index (χ2v) is 9.74. The lowest BCUT2D eigenvalue weighted by atomic mass is 9.99. The maximum Gasteiger partial charge on any atom is 0.252 e. The standard InChI is InChI=1S/C17H23N3O3S2/c1-11-8-12(2)15-14(9-11)19(3)17(24-15)18-16(21)13-6-5-7-20(10-13)25(4,22)23/h8-9,13H,5-7,10H2,1-4H3. The summed E-state index contributed by atoms with van der Waals surface area (Å²) in [6.07, 6.45) is 2.56. The second-order valence-electron chi connectivity index (χ2n) is 6.78.